The molecule has 0 aliphatic heterocycles. The van der Waals surface area contributed by atoms with Crippen LogP contribution < -0.4 is 10.6 Å². The van der Waals surface area contributed by atoms with Crippen LogP contribution in [0, 0.1) is 0 Å². The molecule has 1 aromatic carbocycles. The first-order chi connectivity index (χ1) is 10.9. The van der Waals surface area contributed by atoms with E-state index >= 15 is 0 Å². The predicted octanol–water partition coefficient (Wildman–Crippen LogP) is 2.08. The van der Waals surface area contributed by atoms with Gasteiger partial charge in [-0.3, -0.25) is 4.79 Å². The molecule has 5 nitrogen and oxygen atoms in total. The first kappa shape index (κ1) is 20.0. The monoisotopic (exact) mass is 358 g/mol. The van der Waals surface area contributed by atoms with Gasteiger partial charge in [0.1, 0.15) is 0 Å². The van der Waals surface area contributed by atoms with Crippen molar-refractivity contribution < 1.29 is 13.2 Å². The third-order valence-electron chi connectivity index (χ3n) is 3.23. The number of nitrogens with one attached hydrogen (secondary N) is 2. The lowest BCUT2D eigenvalue weighted by atomic mass is 10.4. The van der Waals surface area contributed by atoms with E-state index in [0.29, 0.717) is 22.8 Å². The number of carbonyl (C=O) groups excluding carboxylic acids is 1. The Kier molecular flexibility index (Phi) is 8.65. The number of benzene rings is 1. The van der Waals surface area contributed by atoms with Crippen LogP contribution in [0.1, 0.15) is 26.7 Å². The average Bonchev–Trinajstić information content (AvgIpc) is 2.51. The van der Waals surface area contributed by atoms with Crippen LogP contribution in [0.25, 0.3) is 0 Å². The SMILES string of the molecule is CCCS(=O)(=O)c1ccccc1SC(C)C(=O)NCCCNC. The first-order valence-corrected chi connectivity index (χ1v) is 10.4. The number of thioether (sulfide) groups is 1. The Morgan fingerprint density at radius 3 is 2.61 bits per heavy atom. The summed E-state index contributed by atoms with van der Waals surface area (Å²) in [5.41, 5.74) is 0. The van der Waals surface area contributed by atoms with Gasteiger partial charge in [0.25, 0.3) is 0 Å². The van der Waals surface area contributed by atoms with Gasteiger partial charge in [0.05, 0.1) is 15.9 Å². The Morgan fingerprint density at radius 1 is 1.26 bits per heavy atom. The van der Waals surface area contributed by atoms with Crippen molar-refractivity contribution in [3.8, 4) is 0 Å². The molecule has 1 atom stereocenters. The summed E-state index contributed by atoms with van der Waals surface area (Å²) in [6, 6.07) is 6.89. The largest absolute Gasteiger partial charge is 0.355 e. The normalized spacial score (nSPS) is 12.8. The Labute approximate surface area is 143 Å². The van der Waals surface area contributed by atoms with Crippen molar-refractivity contribution >= 4 is 27.5 Å². The first-order valence-electron chi connectivity index (χ1n) is 7.83. The molecule has 0 spiro atoms. The molecule has 1 amide bonds. The maximum Gasteiger partial charge on any atom is 0.233 e. The van der Waals surface area contributed by atoms with E-state index in [-0.39, 0.29) is 16.9 Å². The number of rotatable bonds is 10. The van der Waals surface area contributed by atoms with Crippen LogP contribution in [0.3, 0.4) is 0 Å². The highest BCUT2D eigenvalue weighted by molar-refractivity contribution is 8.01. The van der Waals surface area contributed by atoms with E-state index in [9.17, 15) is 13.2 Å². The van der Waals surface area contributed by atoms with Crippen LogP contribution in [0.5, 0.6) is 0 Å². The Hall–Kier alpha value is -1.05. The van der Waals surface area contributed by atoms with E-state index < -0.39 is 9.84 Å². The molecule has 130 valence electrons. The van der Waals surface area contributed by atoms with Crippen molar-refractivity contribution in [1.29, 1.82) is 0 Å². The summed E-state index contributed by atoms with van der Waals surface area (Å²) in [6.07, 6.45) is 1.43. The zero-order valence-corrected chi connectivity index (χ0v) is 15.6. The van der Waals surface area contributed by atoms with E-state index in [1.807, 2.05) is 14.0 Å². The van der Waals surface area contributed by atoms with Gasteiger partial charge in [-0.15, -0.1) is 11.8 Å². The topological polar surface area (TPSA) is 75.3 Å². The fourth-order valence-corrected chi connectivity index (χ4v) is 4.90. The number of hydrogen-bond donors (Lipinski definition) is 2. The molecule has 2 N–H and O–H groups in total. The number of hydrogen-bond acceptors (Lipinski definition) is 5. The van der Waals surface area contributed by atoms with Crippen molar-refractivity contribution in [3.63, 3.8) is 0 Å². The number of sulfone groups is 1. The second-order valence-corrected chi connectivity index (χ2v) is 8.73. The highest BCUT2D eigenvalue weighted by Gasteiger charge is 2.21. The summed E-state index contributed by atoms with van der Waals surface area (Å²) < 4.78 is 24.7. The molecular weight excluding hydrogens is 332 g/mol. The van der Waals surface area contributed by atoms with Crippen molar-refractivity contribution in [2.24, 2.45) is 0 Å². The van der Waals surface area contributed by atoms with Gasteiger partial charge in [-0.05, 0) is 45.5 Å². The smallest absolute Gasteiger partial charge is 0.233 e. The lowest BCUT2D eigenvalue weighted by Gasteiger charge is -2.14. The molecule has 0 saturated heterocycles. The fourth-order valence-electron chi connectivity index (χ4n) is 2.05. The number of amides is 1. The lowest BCUT2D eigenvalue weighted by molar-refractivity contribution is -0.120. The summed E-state index contributed by atoms with van der Waals surface area (Å²) >= 11 is 1.29. The molecule has 0 heterocycles. The Morgan fingerprint density at radius 2 is 1.96 bits per heavy atom. The van der Waals surface area contributed by atoms with Gasteiger partial charge in [0, 0.05) is 11.4 Å². The minimum atomic E-state index is -3.30. The third kappa shape index (κ3) is 6.53. The number of carbonyl (C=O) groups is 1. The summed E-state index contributed by atoms with van der Waals surface area (Å²) in [5.74, 6) is 0.0450. The standard InChI is InChI=1S/C16H26N2O3S2/c1-4-12-23(20,21)15-9-6-5-8-14(15)22-13(2)16(19)18-11-7-10-17-3/h5-6,8-9,13,17H,4,7,10-12H2,1-3H3,(H,18,19). The molecule has 0 bridgehead atoms. The van der Waals surface area contributed by atoms with Crippen LogP contribution >= 0.6 is 11.8 Å². The van der Waals surface area contributed by atoms with Gasteiger partial charge in [-0.1, -0.05) is 19.1 Å². The average molecular weight is 359 g/mol. The van der Waals surface area contributed by atoms with E-state index in [2.05, 4.69) is 10.6 Å². The van der Waals surface area contributed by atoms with E-state index in [1.165, 1.54) is 11.8 Å². The Balaban J connectivity index is 2.75. The molecule has 1 rings (SSSR count). The van der Waals surface area contributed by atoms with Gasteiger partial charge in [-0.2, -0.15) is 0 Å². The molecule has 23 heavy (non-hydrogen) atoms. The van der Waals surface area contributed by atoms with Crippen molar-refractivity contribution in [2.75, 3.05) is 25.9 Å². The second-order valence-electron chi connectivity index (χ2n) is 5.27. The van der Waals surface area contributed by atoms with Crippen LogP contribution in [-0.2, 0) is 14.6 Å². The summed E-state index contributed by atoms with van der Waals surface area (Å²) in [5, 5.41) is 5.55. The van der Waals surface area contributed by atoms with Crippen LogP contribution in [0.15, 0.2) is 34.1 Å². The van der Waals surface area contributed by atoms with Gasteiger partial charge >= 0.3 is 0 Å². The summed E-state index contributed by atoms with van der Waals surface area (Å²) in [6.45, 7) is 5.09. The summed E-state index contributed by atoms with van der Waals surface area (Å²) in [4.78, 5) is 13.1. The molecule has 1 unspecified atom stereocenters. The highest BCUT2D eigenvalue weighted by Crippen LogP contribution is 2.30. The molecule has 0 fully saturated rings. The van der Waals surface area contributed by atoms with Crippen molar-refractivity contribution in [3.05, 3.63) is 24.3 Å². The lowest BCUT2D eigenvalue weighted by Crippen LogP contribution is -2.32. The van der Waals surface area contributed by atoms with Gasteiger partial charge in [0.15, 0.2) is 9.84 Å². The maximum absolute atomic E-state index is 12.3. The van der Waals surface area contributed by atoms with Gasteiger partial charge < -0.3 is 10.6 Å². The Bertz CT molecular complexity index is 603. The zero-order chi connectivity index (χ0) is 17.3. The molecular formula is C16H26N2O3S2. The van der Waals surface area contributed by atoms with E-state index in [1.54, 1.807) is 31.2 Å². The molecule has 1 aromatic rings. The minimum Gasteiger partial charge on any atom is -0.355 e. The van der Waals surface area contributed by atoms with Gasteiger partial charge in [0.2, 0.25) is 5.91 Å². The molecule has 0 radical (unpaired) electrons. The third-order valence-corrected chi connectivity index (χ3v) is 6.51. The molecule has 0 aromatic heterocycles. The van der Waals surface area contributed by atoms with Crippen LogP contribution in [0.4, 0.5) is 0 Å². The summed E-state index contributed by atoms with van der Waals surface area (Å²) in [7, 11) is -1.43. The van der Waals surface area contributed by atoms with E-state index in [0.717, 1.165) is 13.0 Å². The fraction of sp³-hybridized carbons (Fsp3) is 0.562. The predicted molar refractivity (Wildman–Crippen MR) is 95.7 cm³/mol. The highest BCUT2D eigenvalue weighted by atomic mass is 32.2. The molecule has 0 aliphatic rings. The second kappa shape index (κ2) is 9.95. The molecule has 0 aliphatic carbocycles. The van der Waals surface area contributed by atoms with Crippen molar-refractivity contribution in [1.82, 2.24) is 10.6 Å². The maximum atomic E-state index is 12.3. The quantitative estimate of drug-likeness (QED) is 0.495. The van der Waals surface area contributed by atoms with Crippen LogP contribution in [0.2, 0.25) is 0 Å². The van der Waals surface area contributed by atoms with Gasteiger partial charge in [-0.25, -0.2) is 8.42 Å². The molecule has 0 saturated carbocycles. The zero-order valence-electron chi connectivity index (χ0n) is 14.0. The van der Waals surface area contributed by atoms with Crippen molar-refractivity contribution in [2.45, 2.75) is 41.7 Å². The molecule has 7 heteroatoms. The van der Waals surface area contributed by atoms with E-state index in [4.69, 9.17) is 0 Å². The minimum absolute atomic E-state index is 0.0752. The van der Waals surface area contributed by atoms with Crippen LogP contribution in [-0.4, -0.2) is 45.5 Å².